The number of ether oxygens (including phenoxy) is 2. The highest BCUT2D eigenvalue weighted by molar-refractivity contribution is 5.73. The Bertz CT molecular complexity index is 272. The summed E-state index contributed by atoms with van der Waals surface area (Å²) < 4.78 is 10.6. The molecule has 1 aliphatic carbocycles. The van der Waals surface area contributed by atoms with Gasteiger partial charge in [0.2, 0.25) is 0 Å². The molecule has 1 heterocycles. The first-order valence-electron chi connectivity index (χ1n) is 5.65. The van der Waals surface area contributed by atoms with E-state index in [1.165, 1.54) is 0 Å². The highest BCUT2D eigenvalue weighted by Gasteiger charge is 2.49. The Morgan fingerprint density at radius 1 is 1.47 bits per heavy atom. The number of allylic oxidation sites excluding steroid dienone is 1. The van der Waals surface area contributed by atoms with Gasteiger partial charge in [0, 0.05) is 0 Å². The number of carbonyl (C=O) groups excluding carboxylic acids is 1. The summed E-state index contributed by atoms with van der Waals surface area (Å²) in [6, 6.07) is 0. The summed E-state index contributed by atoms with van der Waals surface area (Å²) in [4.78, 5) is 11.7. The second-order valence-corrected chi connectivity index (χ2v) is 4.47. The first-order valence-corrected chi connectivity index (χ1v) is 5.65. The average Bonchev–Trinajstić information content (AvgIpc) is 2.94. The van der Waals surface area contributed by atoms with Crippen LogP contribution in [-0.4, -0.2) is 24.8 Å². The van der Waals surface area contributed by atoms with E-state index < -0.39 is 0 Å². The van der Waals surface area contributed by atoms with Crippen LogP contribution in [0.5, 0.6) is 0 Å². The molecule has 84 valence electrons. The van der Waals surface area contributed by atoms with Crippen molar-refractivity contribution in [2.24, 2.45) is 11.8 Å². The van der Waals surface area contributed by atoms with Crippen LogP contribution in [0.25, 0.3) is 0 Å². The Hall–Kier alpha value is -0.830. The minimum atomic E-state index is -0.0606. The van der Waals surface area contributed by atoms with Crippen LogP contribution in [0, 0.1) is 11.8 Å². The lowest BCUT2D eigenvalue weighted by atomic mass is 9.80. The molecule has 0 radical (unpaired) electrons. The van der Waals surface area contributed by atoms with Gasteiger partial charge < -0.3 is 9.47 Å². The highest BCUT2D eigenvalue weighted by atomic mass is 16.6. The smallest absolute Gasteiger partial charge is 0.309 e. The lowest BCUT2D eigenvalue weighted by Gasteiger charge is -2.24. The van der Waals surface area contributed by atoms with Crippen LogP contribution in [0.15, 0.2) is 12.2 Å². The minimum absolute atomic E-state index is 0.0407. The van der Waals surface area contributed by atoms with Crippen molar-refractivity contribution in [2.75, 3.05) is 6.61 Å². The molecule has 3 heteroatoms. The minimum Gasteiger partial charge on any atom is -0.461 e. The van der Waals surface area contributed by atoms with Gasteiger partial charge in [-0.3, -0.25) is 4.79 Å². The monoisotopic (exact) mass is 210 g/mol. The van der Waals surface area contributed by atoms with Crippen molar-refractivity contribution >= 4 is 5.97 Å². The van der Waals surface area contributed by atoms with Gasteiger partial charge in [0.05, 0.1) is 18.1 Å². The fourth-order valence-corrected chi connectivity index (χ4v) is 2.27. The quantitative estimate of drug-likeness (QED) is 0.406. The van der Waals surface area contributed by atoms with Gasteiger partial charge in [0.25, 0.3) is 0 Å². The van der Waals surface area contributed by atoms with E-state index >= 15 is 0 Å². The molecule has 4 atom stereocenters. The summed E-state index contributed by atoms with van der Waals surface area (Å²) >= 11 is 0. The number of hydrogen-bond donors (Lipinski definition) is 0. The molecule has 1 saturated heterocycles. The Kier molecular flexibility index (Phi) is 3.10. The summed E-state index contributed by atoms with van der Waals surface area (Å²) in [5.41, 5.74) is 0. The molecule has 2 rings (SSSR count). The number of hydrogen-bond acceptors (Lipinski definition) is 3. The maximum Gasteiger partial charge on any atom is 0.309 e. The lowest BCUT2D eigenvalue weighted by molar-refractivity contribution is -0.149. The number of fused-ring (bicyclic) bond motifs is 1. The lowest BCUT2D eigenvalue weighted by Crippen LogP contribution is -2.30. The number of rotatable bonds is 3. The molecule has 15 heavy (non-hydrogen) atoms. The van der Waals surface area contributed by atoms with Crippen LogP contribution in [0.3, 0.4) is 0 Å². The van der Waals surface area contributed by atoms with Gasteiger partial charge in [-0.2, -0.15) is 0 Å². The first kappa shape index (κ1) is 10.7. The zero-order valence-corrected chi connectivity index (χ0v) is 9.31. The van der Waals surface area contributed by atoms with Crippen LogP contribution >= 0.6 is 0 Å². The van der Waals surface area contributed by atoms with E-state index in [4.69, 9.17) is 9.47 Å². The largest absolute Gasteiger partial charge is 0.461 e. The number of carbonyl (C=O) groups is 1. The van der Waals surface area contributed by atoms with Crippen LogP contribution in [0.4, 0.5) is 0 Å². The van der Waals surface area contributed by atoms with Crippen molar-refractivity contribution in [3.8, 4) is 0 Å². The molecule has 2 aliphatic rings. The predicted molar refractivity (Wildman–Crippen MR) is 56.3 cm³/mol. The molecule has 0 spiro atoms. The zero-order valence-electron chi connectivity index (χ0n) is 9.31. The summed E-state index contributed by atoms with van der Waals surface area (Å²) in [6.45, 7) is 4.42. The van der Waals surface area contributed by atoms with Crippen LogP contribution < -0.4 is 0 Å². The Balaban J connectivity index is 1.83. The molecule has 0 amide bonds. The van der Waals surface area contributed by atoms with E-state index in [1.807, 2.05) is 19.1 Å². The standard InChI is InChI=1S/C12H18O3/c1-3-4-5-14-12(13)9-7-11-10(15-11)6-8(9)2/h3-4,8-11H,5-7H2,1-2H3. The molecule has 1 aliphatic heterocycles. The molecule has 0 aromatic carbocycles. The fraction of sp³-hybridized carbons (Fsp3) is 0.750. The molecule has 2 fully saturated rings. The Morgan fingerprint density at radius 3 is 2.93 bits per heavy atom. The zero-order chi connectivity index (χ0) is 10.8. The second kappa shape index (κ2) is 4.35. The third-order valence-corrected chi connectivity index (χ3v) is 3.33. The third kappa shape index (κ3) is 2.40. The molecule has 0 N–H and O–H groups in total. The maximum absolute atomic E-state index is 11.7. The van der Waals surface area contributed by atoms with E-state index in [-0.39, 0.29) is 11.9 Å². The highest BCUT2D eigenvalue weighted by Crippen LogP contribution is 2.42. The summed E-state index contributed by atoms with van der Waals surface area (Å²) in [7, 11) is 0. The van der Waals surface area contributed by atoms with E-state index in [2.05, 4.69) is 6.92 Å². The van der Waals surface area contributed by atoms with E-state index in [9.17, 15) is 4.79 Å². The van der Waals surface area contributed by atoms with Gasteiger partial charge in [0.15, 0.2) is 0 Å². The summed E-state index contributed by atoms with van der Waals surface area (Å²) in [6.07, 6.45) is 6.36. The molecule has 1 saturated carbocycles. The van der Waals surface area contributed by atoms with Gasteiger partial charge in [-0.25, -0.2) is 0 Å². The molecule has 0 bridgehead atoms. The summed E-state index contributed by atoms with van der Waals surface area (Å²) in [5, 5.41) is 0. The van der Waals surface area contributed by atoms with Crippen molar-refractivity contribution in [3.05, 3.63) is 12.2 Å². The Morgan fingerprint density at radius 2 is 2.20 bits per heavy atom. The number of epoxide rings is 1. The number of esters is 1. The van der Waals surface area contributed by atoms with Crippen molar-refractivity contribution in [1.82, 2.24) is 0 Å². The summed E-state index contributed by atoms with van der Waals surface area (Å²) in [5.74, 6) is 0.375. The molecule has 4 unspecified atom stereocenters. The fourth-order valence-electron chi connectivity index (χ4n) is 2.27. The van der Waals surface area contributed by atoms with Crippen molar-refractivity contribution in [1.29, 1.82) is 0 Å². The van der Waals surface area contributed by atoms with E-state index in [1.54, 1.807) is 0 Å². The predicted octanol–water partition coefficient (Wildman–Crippen LogP) is 1.92. The molecule has 0 aromatic rings. The van der Waals surface area contributed by atoms with Crippen LogP contribution in [0.1, 0.15) is 26.7 Å². The van der Waals surface area contributed by atoms with Gasteiger partial charge in [-0.15, -0.1) is 0 Å². The SMILES string of the molecule is CC=CCOC(=O)C1CC2OC2CC1C. The van der Waals surface area contributed by atoms with Gasteiger partial charge in [-0.05, 0) is 25.7 Å². The van der Waals surface area contributed by atoms with Crippen LogP contribution in [0.2, 0.25) is 0 Å². The van der Waals surface area contributed by atoms with E-state index in [0.29, 0.717) is 24.7 Å². The molecule has 3 nitrogen and oxygen atoms in total. The molecule has 0 aromatic heterocycles. The van der Waals surface area contributed by atoms with E-state index in [0.717, 1.165) is 12.8 Å². The second-order valence-electron chi connectivity index (χ2n) is 4.47. The topological polar surface area (TPSA) is 38.8 Å². The van der Waals surface area contributed by atoms with Crippen LogP contribution in [-0.2, 0) is 14.3 Å². The molecular weight excluding hydrogens is 192 g/mol. The van der Waals surface area contributed by atoms with Crippen molar-refractivity contribution in [2.45, 2.75) is 38.9 Å². The van der Waals surface area contributed by atoms with Crippen molar-refractivity contribution < 1.29 is 14.3 Å². The van der Waals surface area contributed by atoms with Gasteiger partial charge >= 0.3 is 5.97 Å². The third-order valence-electron chi connectivity index (χ3n) is 3.33. The molecular formula is C12H18O3. The Labute approximate surface area is 90.4 Å². The maximum atomic E-state index is 11.7. The van der Waals surface area contributed by atoms with Gasteiger partial charge in [0.1, 0.15) is 6.61 Å². The average molecular weight is 210 g/mol. The first-order chi connectivity index (χ1) is 7.22. The normalized spacial score (nSPS) is 38.8. The van der Waals surface area contributed by atoms with Crippen molar-refractivity contribution in [3.63, 3.8) is 0 Å². The van der Waals surface area contributed by atoms with Gasteiger partial charge in [-0.1, -0.05) is 19.1 Å².